The van der Waals surface area contributed by atoms with Gasteiger partial charge in [-0.25, -0.2) is 4.79 Å². The van der Waals surface area contributed by atoms with E-state index in [0.717, 1.165) is 18.7 Å². The molecule has 1 atom stereocenters. The van der Waals surface area contributed by atoms with Gasteiger partial charge in [0.25, 0.3) is 5.91 Å². The number of anilines is 2. The van der Waals surface area contributed by atoms with Crippen molar-refractivity contribution in [2.45, 2.75) is 18.9 Å². The van der Waals surface area contributed by atoms with Crippen LogP contribution in [0.15, 0.2) is 36.4 Å². The van der Waals surface area contributed by atoms with Gasteiger partial charge in [-0.3, -0.25) is 14.5 Å². The molecule has 2 fully saturated rings. The van der Waals surface area contributed by atoms with E-state index in [2.05, 4.69) is 5.32 Å². The highest BCUT2D eigenvalue weighted by atomic mass is 35.5. The molecule has 1 N–H and O–H groups in total. The van der Waals surface area contributed by atoms with Gasteiger partial charge in [0.1, 0.15) is 6.10 Å². The Balaban J connectivity index is 1.35. The maximum Gasteiger partial charge on any atom is 0.414 e. The van der Waals surface area contributed by atoms with E-state index < -0.39 is 12.2 Å². The van der Waals surface area contributed by atoms with Gasteiger partial charge in [-0.15, -0.1) is 11.3 Å². The molecule has 1 aromatic heterocycles. The third-order valence-electron chi connectivity index (χ3n) is 4.71. The first-order valence-corrected chi connectivity index (χ1v) is 10.1. The summed E-state index contributed by atoms with van der Waals surface area (Å²) in [4.78, 5) is 39.9. The number of nitrogens with zero attached hydrogens (tertiary/aromatic N) is 2. The summed E-state index contributed by atoms with van der Waals surface area (Å²) < 4.78 is 5.90. The molecule has 28 heavy (non-hydrogen) atoms. The van der Waals surface area contributed by atoms with E-state index >= 15 is 0 Å². The molecule has 1 aromatic carbocycles. The molecule has 3 heterocycles. The fourth-order valence-electron chi connectivity index (χ4n) is 3.30. The van der Waals surface area contributed by atoms with Crippen molar-refractivity contribution in [1.29, 1.82) is 0 Å². The van der Waals surface area contributed by atoms with Crippen LogP contribution < -0.4 is 15.1 Å². The Hall–Kier alpha value is -2.58. The van der Waals surface area contributed by atoms with Crippen molar-refractivity contribution in [2.75, 3.05) is 29.4 Å². The summed E-state index contributed by atoms with van der Waals surface area (Å²) in [6, 6.07) is 10.6. The quantitative estimate of drug-likeness (QED) is 0.806. The van der Waals surface area contributed by atoms with E-state index in [1.54, 1.807) is 29.2 Å². The first-order valence-electron chi connectivity index (χ1n) is 8.93. The number of ether oxygens (including phenoxy) is 1. The zero-order valence-corrected chi connectivity index (χ0v) is 16.5. The molecule has 2 aromatic rings. The van der Waals surface area contributed by atoms with Crippen molar-refractivity contribution in [2.24, 2.45) is 0 Å². The van der Waals surface area contributed by atoms with Crippen molar-refractivity contribution in [1.82, 2.24) is 5.32 Å². The lowest BCUT2D eigenvalue weighted by Gasteiger charge is -2.18. The van der Waals surface area contributed by atoms with Crippen LogP contribution in [0.25, 0.3) is 0 Å². The van der Waals surface area contributed by atoms with Gasteiger partial charge in [-0.2, -0.15) is 0 Å². The maximum atomic E-state index is 12.2. The molecule has 0 saturated carbocycles. The number of cyclic esters (lactones) is 1. The summed E-state index contributed by atoms with van der Waals surface area (Å²) >= 11 is 7.03. The maximum absolute atomic E-state index is 12.2. The van der Waals surface area contributed by atoms with Crippen molar-refractivity contribution in [3.8, 4) is 0 Å². The standard InChI is InChI=1S/C19H18ClN3O4S/c20-16-8-7-15(28-16)18(25)21-10-14-11-23(19(26)27-14)13-5-3-12(4-6-13)22-9-1-2-17(22)24/h3-8,14H,1-2,9-11H2,(H,21,25)/t14-/m0/s1. The molecular formula is C19H18ClN3O4S. The first-order chi connectivity index (χ1) is 13.5. The van der Waals surface area contributed by atoms with Gasteiger partial charge in [-0.05, 0) is 42.8 Å². The van der Waals surface area contributed by atoms with Gasteiger partial charge in [0.2, 0.25) is 5.91 Å². The highest BCUT2D eigenvalue weighted by Crippen LogP contribution is 2.27. The predicted molar refractivity (Wildman–Crippen MR) is 107 cm³/mol. The lowest BCUT2D eigenvalue weighted by Crippen LogP contribution is -2.34. The number of carbonyl (C=O) groups is 3. The zero-order chi connectivity index (χ0) is 19.7. The number of amides is 3. The van der Waals surface area contributed by atoms with Crippen LogP contribution in [0.3, 0.4) is 0 Å². The van der Waals surface area contributed by atoms with E-state index in [0.29, 0.717) is 27.9 Å². The third kappa shape index (κ3) is 3.83. The van der Waals surface area contributed by atoms with Gasteiger partial charge in [0.15, 0.2) is 0 Å². The second-order valence-corrected chi connectivity index (χ2v) is 8.31. The molecule has 4 rings (SSSR count). The SMILES string of the molecule is O=C(NC[C@H]1CN(c2ccc(N3CCCC3=O)cc2)C(=O)O1)c1ccc(Cl)s1. The van der Waals surface area contributed by atoms with Crippen LogP contribution >= 0.6 is 22.9 Å². The van der Waals surface area contributed by atoms with Crippen LogP contribution in [0.1, 0.15) is 22.5 Å². The lowest BCUT2D eigenvalue weighted by molar-refractivity contribution is -0.117. The third-order valence-corrected chi connectivity index (χ3v) is 5.94. The Labute approximate surface area is 170 Å². The second kappa shape index (κ2) is 7.81. The average molecular weight is 420 g/mol. The summed E-state index contributed by atoms with van der Waals surface area (Å²) in [6.07, 6.45) is 0.546. The largest absolute Gasteiger partial charge is 0.442 e. The Bertz CT molecular complexity index is 914. The normalized spacial score (nSPS) is 19.2. The molecule has 9 heteroatoms. The van der Waals surface area contributed by atoms with E-state index in [1.165, 1.54) is 16.2 Å². The number of benzene rings is 1. The molecule has 2 aliphatic heterocycles. The van der Waals surface area contributed by atoms with Gasteiger partial charge in [0, 0.05) is 24.3 Å². The number of nitrogens with one attached hydrogen (secondary N) is 1. The second-order valence-electron chi connectivity index (χ2n) is 6.60. The van der Waals surface area contributed by atoms with Crippen molar-refractivity contribution in [3.05, 3.63) is 45.6 Å². The van der Waals surface area contributed by atoms with Crippen LogP contribution in [-0.4, -0.2) is 43.6 Å². The smallest absolute Gasteiger partial charge is 0.414 e. The lowest BCUT2D eigenvalue weighted by atomic mass is 10.2. The molecule has 3 amide bonds. The topological polar surface area (TPSA) is 79.0 Å². The summed E-state index contributed by atoms with van der Waals surface area (Å²) in [7, 11) is 0. The fraction of sp³-hybridized carbons (Fsp3) is 0.316. The van der Waals surface area contributed by atoms with Crippen molar-refractivity contribution >= 4 is 52.2 Å². The molecule has 2 saturated heterocycles. The molecule has 2 aliphatic rings. The number of halogens is 1. The van der Waals surface area contributed by atoms with Gasteiger partial charge in [-0.1, -0.05) is 11.6 Å². The summed E-state index contributed by atoms with van der Waals surface area (Å²) in [5.41, 5.74) is 1.52. The number of carbonyl (C=O) groups excluding carboxylic acids is 3. The van der Waals surface area contributed by atoms with Gasteiger partial charge >= 0.3 is 6.09 Å². The van der Waals surface area contributed by atoms with Crippen LogP contribution in [0, 0.1) is 0 Å². The van der Waals surface area contributed by atoms with Gasteiger partial charge < -0.3 is 15.0 Å². The number of thiophene rings is 1. The van der Waals surface area contributed by atoms with Crippen LogP contribution in [0.5, 0.6) is 0 Å². The van der Waals surface area contributed by atoms with E-state index in [-0.39, 0.29) is 18.4 Å². The minimum absolute atomic E-state index is 0.121. The minimum Gasteiger partial charge on any atom is -0.442 e. The van der Waals surface area contributed by atoms with Crippen LogP contribution in [-0.2, 0) is 9.53 Å². The summed E-state index contributed by atoms with van der Waals surface area (Å²) in [6.45, 7) is 1.28. The number of hydrogen-bond acceptors (Lipinski definition) is 5. The Kier molecular flexibility index (Phi) is 5.23. The Morgan fingerprint density at radius 2 is 1.86 bits per heavy atom. The fourth-order valence-corrected chi connectivity index (χ4v) is 4.26. The Morgan fingerprint density at radius 1 is 1.14 bits per heavy atom. The highest BCUT2D eigenvalue weighted by molar-refractivity contribution is 7.18. The first kappa shape index (κ1) is 18.8. The number of rotatable bonds is 5. The summed E-state index contributed by atoms with van der Waals surface area (Å²) in [5, 5.41) is 2.76. The highest BCUT2D eigenvalue weighted by Gasteiger charge is 2.33. The average Bonchev–Trinajstić information content (AvgIpc) is 3.40. The predicted octanol–water partition coefficient (Wildman–Crippen LogP) is 3.28. The van der Waals surface area contributed by atoms with Crippen molar-refractivity contribution in [3.63, 3.8) is 0 Å². The van der Waals surface area contributed by atoms with Crippen LogP contribution in [0.2, 0.25) is 4.34 Å². The molecule has 0 radical (unpaired) electrons. The zero-order valence-electron chi connectivity index (χ0n) is 14.9. The minimum atomic E-state index is -0.455. The van der Waals surface area contributed by atoms with E-state index in [1.807, 2.05) is 12.1 Å². The Morgan fingerprint density at radius 3 is 2.46 bits per heavy atom. The van der Waals surface area contributed by atoms with Crippen molar-refractivity contribution < 1.29 is 19.1 Å². The molecule has 0 spiro atoms. The molecule has 0 bridgehead atoms. The molecular weight excluding hydrogens is 402 g/mol. The monoisotopic (exact) mass is 419 g/mol. The molecule has 146 valence electrons. The summed E-state index contributed by atoms with van der Waals surface area (Å²) in [5.74, 6) is -0.123. The van der Waals surface area contributed by atoms with E-state index in [9.17, 15) is 14.4 Å². The number of hydrogen-bond donors (Lipinski definition) is 1. The molecule has 0 aliphatic carbocycles. The van der Waals surface area contributed by atoms with E-state index in [4.69, 9.17) is 16.3 Å². The molecule has 7 nitrogen and oxygen atoms in total. The van der Waals surface area contributed by atoms with Gasteiger partial charge in [0.05, 0.1) is 22.3 Å². The molecule has 0 unspecified atom stereocenters. The van der Waals surface area contributed by atoms with Crippen LogP contribution in [0.4, 0.5) is 16.2 Å².